The van der Waals surface area contributed by atoms with E-state index in [-0.39, 0.29) is 13.2 Å². The molecule has 1 aromatic carbocycles. The number of hydrogen-bond acceptors (Lipinski definition) is 6. The highest BCUT2D eigenvalue weighted by molar-refractivity contribution is 5.27. The molecule has 126 valence electrons. The first-order chi connectivity index (χ1) is 11.0. The van der Waals surface area contributed by atoms with Crippen LogP contribution in [0.3, 0.4) is 0 Å². The summed E-state index contributed by atoms with van der Waals surface area (Å²) in [6, 6.07) is 8.12. The van der Waals surface area contributed by atoms with Crippen LogP contribution in [0.1, 0.15) is 29.8 Å². The number of aryl methyl sites for hydroxylation is 1. The maximum absolute atomic E-state index is 9.36. The standard InChI is InChI=1S/C17H25N3O3/c1-13-6-4-5-7-14(13)8-16-18-15(19-23-16)9-20(3)10-17(2,11-21)12-22/h4-7,21-22H,8-12H2,1-3H3. The number of aliphatic hydroxyl groups is 2. The summed E-state index contributed by atoms with van der Waals surface area (Å²) in [5, 5.41) is 22.7. The summed E-state index contributed by atoms with van der Waals surface area (Å²) in [4.78, 5) is 6.39. The number of hydrogen-bond donors (Lipinski definition) is 2. The molecule has 1 aromatic heterocycles. The van der Waals surface area contributed by atoms with Gasteiger partial charge in [-0.15, -0.1) is 0 Å². The van der Waals surface area contributed by atoms with Crippen molar-refractivity contribution in [2.24, 2.45) is 5.41 Å². The molecule has 0 bridgehead atoms. The van der Waals surface area contributed by atoms with E-state index in [1.807, 2.05) is 31.0 Å². The molecule has 0 atom stereocenters. The summed E-state index contributed by atoms with van der Waals surface area (Å²) < 4.78 is 5.32. The van der Waals surface area contributed by atoms with E-state index < -0.39 is 5.41 Å². The smallest absolute Gasteiger partial charge is 0.231 e. The van der Waals surface area contributed by atoms with Crippen molar-refractivity contribution in [3.05, 3.63) is 47.1 Å². The van der Waals surface area contributed by atoms with Crippen molar-refractivity contribution in [3.8, 4) is 0 Å². The topological polar surface area (TPSA) is 82.6 Å². The highest BCUT2D eigenvalue weighted by Gasteiger charge is 2.25. The lowest BCUT2D eigenvalue weighted by molar-refractivity contribution is 0.0394. The molecule has 2 N–H and O–H groups in total. The van der Waals surface area contributed by atoms with Gasteiger partial charge in [0.15, 0.2) is 5.82 Å². The van der Waals surface area contributed by atoms with Crippen molar-refractivity contribution < 1.29 is 14.7 Å². The first-order valence-electron chi connectivity index (χ1n) is 7.72. The summed E-state index contributed by atoms with van der Waals surface area (Å²) in [5.41, 5.74) is 1.83. The lowest BCUT2D eigenvalue weighted by atomic mass is 9.92. The summed E-state index contributed by atoms with van der Waals surface area (Å²) in [6.07, 6.45) is 0.619. The maximum Gasteiger partial charge on any atom is 0.231 e. The van der Waals surface area contributed by atoms with Gasteiger partial charge in [0.25, 0.3) is 0 Å². The van der Waals surface area contributed by atoms with Crippen molar-refractivity contribution in [2.75, 3.05) is 26.8 Å². The molecule has 0 aliphatic heterocycles. The fourth-order valence-corrected chi connectivity index (χ4v) is 2.50. The van der Waals surface area contributed by atoms with Gasteiger partial charge in [-0.05, 0) is 25.1 Å². The normalized spacial score (nSPS) is 12.1. The van der Waals surface area contributed by atoms with E-state index >= 15 is 0 Å². The Hall–Kier alpha value is -1.76. The summed E-state index contributed by atoms with van der Waals surface area (Å²) in [5.74, 6) is 1.20. The molecule has 0 amide bonds. The fraction of sp³-hybridized carbons (Fsp3) is 0.529. The van der Waals surface area contributed by atoms with Gasteiger partial charge in [-0.3, -0.25) is 4.90 Å². The molecule has 0 saturated carbocycles. The van der Waals surface area contributed by atoms with Crippen LogP contribution in [-0.2, 0) is 13.0 Å². The molecule has 2 rings (SSSR count). The zero-order chi connectivity index (χ0) is 16.9. The van der Waals surface area contributed by atoms with Gasteiger partial charge in [0, 0.05) is 12.0 Å². The van der Waals surface area contributed by atoms with E-state index in [2.05, 4.69) is 29.2 Å². The Morgan fingerprint density at radius 3 is 2.57 bits per heavy atom. The van der Waals surface area contributed by atoms with E-state index in [4.69, 9.17) is 4.52 Å². The maximum atomic E-state index is 9.36. The Morgan fingerprint density at radius 2 is 1.91 bits per heavy atom. The fourth-order valence-electron chi connectivity index (χ4n) is 2.50. The predicted molar refractivity (Wildman–Crippen MR) is 86.9 cm³/mol. The highest BCUT2D eigenvalue weighted by atomic mass is 16.5. The molecule has 1 heterocycles. The van der Waals surface area contributed by atoms with Gasteiger partial charge >= 0.3 is 0 Å². The van der Waals surface area contributed by atoms with Crippen molar-refractivity contribution in [2.45, 2.75) is 26.8 Å². The molecule has 0 fully saturated rings. The number of rotatable bonds is 8. The van der Waals surface area contributed by atoms with Crippen LogP contribution in [0.2, 0.25) is 0 Å². The second-order valence-electron chi connectivity index (χ2n) is 6.51. The quantitative estimate of drug-likeness (QED) is 0.765. The molecule has 6 nitrogen and oxygen atoms in total. The van der Waals surface area contributed by atoms with Crippen LogP contribution in [0, 0.1) is 12.3 Å². The van der Waals surface area contributed by atoms with Crippen LogP contribution in [0.5, 0.6) is 0 Å². The van der Waals surface area contributed by atoms with Gasteiger partial charge in [-0.2, -0.15) is 4.98 Å². The monoisotopic (exact) mass is 319 g/mol. The van der Waals surface area contributed by atoms with E-state index in [0.29, 0.717) is 31.2 Å². The third kappa shape index (κ3) is 4.86. The molecular weight excluding hydrogens is 294 g/mol. The van der Waals surface area contributed by atoms with Crippen LogP contribution >= 0.6 is 0 Å². The van der Waals surface area contributed by atoms with E-state index in [9.17, 15) is 10.2 Å². The minimum Gasteiger partial charge on any atom is -0.396 e. The van der Waals surface area contributed by atoms with Crippen molar-refractivity contribution in [1.82, 2.24) is 15.0 Å². The number of aromatic nitrogens is 2. The molecule has 0 radical (unpaired) electrons. The third-order valence-corrected chi connectivity index (χ3v) is 3.94. The van der Waals surface area contributed by atoms with E-state index in [1.165, 1.54) is 11.1 Å². The largest absolute Gasteiger partial charge is 0.396 e. The van der Waals surface area contributed by atoms with E-state index in [1.54, 1.807) is 0 Å². The van der Waals surface area contributed by atoms with Gasteiger partial charge < -0.3 is 14.7 Å². The highest BCUT2D eigenvalue weighted by Crippen LogP contribution is 2.17. The summed E-state index contributed by atoms with van der Waals surface area (Å²) in [7, 11) is 1.90. The molecule has 0 aliphatic carbocycles. The molecular formula is C17H25N3O3. The Balaban J connectivity index is 1.96. The van der Waals surface area contributed by atoms with Crippen LogP contribution in [0.15, 0.2) is 28.8 Å². The van der Waals surface area contributed by atoms with Crippen LogP contribution in [-0.4, -0.2) is 52.1 Å². The van der Waals surface area contributed by atoms with Gasteiger partial charge in [0.2, 0.25) is 5.89 Å². The minimum atomic E-state index is -0.539. The van der Waals surface area contributed by atoms with Crippen molar-refractivity contribution in [1.29, 1.82) is 0 Å². The Labute approximate surface area is 136 Å². The van der Waals surface area contributed by atoms with Gasteiger partial charge in [-0.1, -0.05) is 36.3 Å². The number of aliphatic hydroxyl groups excluding tert-OH is 2. The van der Waals surface area contributed by atoms with Crippen molar-refractivity contribution in [3.63, 3.8) is 0 Å². The summed E-state index contributed by atoms with van der Waals surface area (Å²) in [6.45, 7) is 4.81. The molecule has 0 spiro atoms. The molecule has 0 saturated heterocycles. The molecule has 2 aromatic rings. The van der Waals surface area contributed by atoms with Crippen LogP contribution in [0.25, 0.3) is 0 Å². The number of nitrogens with zero attached hydrogens (tertiary/aromatic N) is 3. The Bertz CT molecular complexity index is 623. The first kappa shape index (κ1) is 17.6. The lowest BCUT2D eigenvalue weighted by Gasteiger charge is -2.29. The third-order valence-electron chi connectivity index (χ3n) is 3.94. The predicted octanol–water partition coefficient (Wildman–Crippen LogP) is 1.39. The average molecular weight is 319 g/mol. The van der Waals surface area contributed by atoms with E-state index in [0.717, 1.165) is 0 Å². The van der Waals surface area contributed by atoms with Crippen LogP contribution < -0.4 is 0 Å². The van der Waals surface area contributed by atoms with Gasteiger partial charge in [0.1, 0.15) is 0 Å². The second kappa shape index (κ2) is 7.68. The molecule has 0 aliphatic rings. The molecule has 6 heteroatoms. The molecule has 0 unspecified atom stereocenters. The zero-order valence-corrected chi connectivity index (χ0v) is 14.0. The average Bonchev–Trinajstić information content (AvgIpc) is 2.96. The van der Waals surface area contributed by atoms with Gasteiger partial charge in [0.05, 0.1) is 26.2 Å². The Morgan fingerprint density at radius 1 is 1.22 bits per heavy atom. The zero-order valence-electron chi connectivity index (χ0n) is 14.0. The first-order valence-corrected chi connectivity index (χ1v) is 7.72. The minimum absolute atomic E-state index is 0.0708. The van der Waals surface area contributed by atoms with Gasteiger partial charge in [-0.25, -0.2) is 0 Å². The Kier molecular flexibility index (Phi) is 5.87. The lowest BCUT2D eigenvalue weighted by Crippen LogP contribution is -2.38. The molecule has 23 heavy (non-hydrogen) atoms. The van der Waals surface area contributed by atoms with Crippen LogP contribution in [0.4, 0.5) is 0 Å². The SMILES string of the molecule is Cc1ccccc1Cc1nc(CN(C)CC(C)(CO)CO)no1. The second-order valence-corrected chi connectivity index (χ2v) is 6.51. The summed E-state index contributed by atoms with van der Waals surface area (Å²) >= 11 is 0. The van der Waals surface area contributed by atoms with Crippen molar-refractivity contribution >= 4 is 0 Å². The number of benzene rings is 1.